The van der Waals surface area contributed by atoms with E-state index in [1.807, 2.05) is 0 Å². The number of aliphatic hydroxyl groups is 1. The fraction of sp³-hybridized carbons (Fsp3) is 0.591. The highest BCUT2D eigenvalue weighted by molar-refractivity contribution is 5.70. The number of alkyl halides is 3. The number of aliphatic hydroxyl groups excluding tert-OH is 1. The number of rotatable bonds is 6. The second-order valence-corrected chi connectivity index (χ2v) is 8.83. The maximum atomic E-state index is 12.9. The van der Waals surface area contributed by atoms with Gasteiger partial charge in [0.25, 0.3) is 0 Å². The van der Waals surface area contributed by atoms with Crippen LogP contribution in [0.15, 0.2) is 28.8 Å². The van der Waals surface area contributed by atoms with E-state index in [9.17, 15) is 18.3 Å². The standard InChI is InChI=1S/C22H25F3N2O3/c23-22(24,25)29-18-4-2-1-3-16(18)19-17(21(30-27-19)12-5-6-12)11-26-15-9-13-7-8-14(10-15)20(13)28/h1-4,12-15,20,26,28H,5-11H2. The Hall–Kier alpha value is -2.06. The van der Waals surface area contributed by atoms with Crippen molar-refractivity contribution in [1.82, 2.24) is 10.5 Å². The fourth-order valence-electron chi connectivity index (χ4n) is 5.16. The Labute approximate surface area is 172 Å². The molecule has 1 heterocycles. The lowest BCUT2D eigenvalue weighted by molar-refractivity contribution is -0.274. The molecule has 0 radical (unpaired) electrons. The van der Waals surface area contributed by atoms with Gasteiger partial charge in [0.05, 0.1) is 6.10 Å². The van der Waals surface area contributed by atoms with Crippen LogP contribution in [0.1, 0.15) is 55.8 Å². The molecule has 2 atom stereocenters. The average molecular weight is 422 g/mol. The highest BCUT2D eigenvalue weighted by Crippen LogP contribution is 2.46. The van der Waals surface area contributed by atoms with E-state index in [2.05, 4.69) is 15.2 Å². The molecule has 3 fully saturated rings. The molecule has 8 heteroatoms. The van der Waals surface area contributed by atoms with Gasteiger partial charge in [0.15, 0.2) is 0 Å². The van der Waals surface area contributed by atoms with E-state index in [4.69, 9.17) is 4.52 Å². The van der Waals surface area contributed by atoms with E-state index in [-0.39, 0.29) is 29.4 Å². The average Bonchev–Trinajstić information content (AvgIpc) is 3.42. The van der Waals surface area contributed by atoms with E-state index in [1.54, 1.807) is 12.1 Å². The smallest absolute Gasteiger partial charge is 0.405 e. The molecule has 0 aliphatic heterocycles. The minimum atomic E-state index is -4.78. The molecular formula is C22H25F3N2O3. The van der Waals surface area contributed by atoms with Gasteiger partial charge in [-0.1, -0.05) is 17.3 Å². The van der Waals surface area contributed by atoms with E-state index in [1.165, 1.54) is 12.1 Å². The number of halogens is 3. The zero-order valence-electron chi connectivity index (χ0n) is 16.5. The first kappa shape index (κ1) is 19.9. The molecule has 0 amide bonds. The Kier molecular flexibility index (Phi) is 5.01. The number of hydrogen-bond acceptors (Lipinski definition) is 5. The molecule has 3 aliphatic carbocycles. The summed E-state index contributed by atoms with van der Waals surface area (Å²) in [6.45, 7) is 0.477. The van der Waals surface area contributed by atoms with Gasteiger partial charge in [0, 0.05) is 29.6 Å². The highest BCUT2D eigenvalue weighted by Gasteiger charge is 2.42. The van der Waals surface area contributed by atoms with Gasteiger partial charge in [-0.05, 0) is 62.5 Å². The summed E-state index contributed by atoms with van der Waals surface area (Å²) in [5.74, 6) is 1.45. The van der Waals surface area contributed by atoms with Crippen LogP contribution in [0.3, 0.4) is 0 Å². The first-order valence-corrected chi connectivity index (χ1v) is 10.6. The molecule has 3 saturated carbocycles. The molecule has 30 heavy (non-hydrogen) atoms. The fourth-order valence-corrected chi connectivity index (χ4v) is 5.16. The van der Waals surface area contributed by atoms with E-state index < -0.39 is 6.36 Å². The topological polar surface area (TPSA) is 67.5 Å². The minimum Gasteiger partial charge on any atom is -0.405 e. The molecule has 3 aliphatic rings. The predicted molar refractivity (Wildman–Crippen MR) is 103 cm³/mol. The SMILES string of the molecule is OC1C2CCC1CC(NCc1c(-c3ccccc3OC(F)(F)F)noc1C1CC1)C2. The zero-order chi connectivity index (χ0) is 20.9. The van der Waals surface area contributed by atoms with Crippen LogP contribution in [0.25, 0.3) is 11.3 Å². The van der Waals surface area contributed by atoms with Gasteiger partial charge in [0.2, 0.25) is 0 Å². The second kappa shape index (κ2) is 7.57. The third-order valence-electron chi connectivity index (χ3n) is 6.75. The number of hydrogen-bond donors (Lipinski definition) is 2. The largest absolute Gasteiger partial charge is 0.573 e. The normalized spacial score (nSPS) is 28.7. The first-order chi connectivity index (χ1) is 14.4. The van der Waals surface area contributed by atoms with Crippen LogP contribution in [0.5, 0.6) is 5.75 Å². The minimum absolute atomic E-state index is 0.192. The van der Waals surface area contributed by atoms with Crippen LogP contribution in [0.4, 0.5) is 13.2 Å². The molecule has 0 spiro atoms. The molecule has 1 aromatic heterocycles. The maximum Gasteiger partial charge on any atom is 0.573 e. The molecule has 162 valence electrons. The molecule has 0 saturated heterocycles. The summed E-state index contributed by atoms with van der Waals surface area (Å²) in [7, 11) is 0. The van der Waals surface area contributed by atoms with Crippen LogP contribution >= 0.6 is 0 Å². The lowest BCUT2D eigenvalue weighted by Gasteiger charge is -2.32. The molecule has 2 unspecified atom stereocenters. The monoisotopic (exact) mass is 422 g/mol. The van der Waals surface area contributed by atoms with Gasteiger partial charge in [-0.15, -0.1) is 13.2 Å². The van der Waals surface area contributed by atoms with Crippen LogP contribution in [-0.2, 0) is 6.54 Å². The number of para-hydroxylation sites is 1. The number of benzene rings is 1. The van der Waals surface area contributed by atoms with Gasteiger partial charge in [-0.25, -0.2) is 0 Å². The highest BCUT2D eigenvalue weighted by atomic mass is 19.4. The summed E-state index contributed by atoms with van der Waals surface area (Å²) >= 11 is 0. The number of nitrogens with one attached hydrogen (secondary N) is 1. The van der Waals surface area contributed by atoms with Gasteiger partial charge in [-0.3, -0.25) is 0 Å². The maximum absolute atomic E-state index is 12.9. The molecule has 2 bridgehead atoms. The van der Waals surface area contributed by atoms with Crippen molar-refractivity contribution in [2.75, 3.05) is 0 Å². The zero-order valence-corrected chi connectivity index (χ0v) is 16.5. The summed E-state index contributed by atoms with van der Waals surface area (Å²) in [5, 5.41) is 18.0. The van der Waals surface area contributed by atoms with E-state index in [0.717, 1.165) is 49.8 Å². The second-order valence-electron chi connectivity index (χ2n) is 8.83. The van der Waals surface area contributed by atoms with Crippen molar-refractivity contribution in [3.8, 4) is 17.0 Å². The number of nitrogens with zero attached hydrogens (tertiary/aromatic N) is 1. The van der Waals surface area contributed by atoms with Crippen molar-refractivity contribution in [2.24, 2.45) is 11.8 Å². The third-order valence-corrected chi connectivity index (χ3v) is 6.75. The Morgan fingerprint density at radius 1 is 1.10 bits per heavy atom. The third kappa shape index (κ3) is 3.95. The lowest BCUT2D eigenvalue weighted by atomic mass is 9.83. The van der Waals surface area contributed by atoms with Crippen molar-refractivity contribution in [1.29, 1.82) is 0 Å². The summed E-state index contributed by atoms with van der Waals surface area (Å²) in [6, 6.07) is 6.33. The Balaban J connectivity index is 1.40. The summed E-state index contributed by atoms with van der Waals surface area (Å²) < 4.78 is 48.5. The van der Waals surface area contributed by atoms with Gasteiger partial charge in [-0.2, -0.15) is 0 Å². The summed E-state index contributed by atoms with van der Waals surface area (Å²) in [6.07, 6.45) is 1.01. The van der Waals surface area contributed by atoms with Gasteiger partial charge in [0.1, 0.15) is 17.2 Å². The number of fused-ring (bicyclic) bond motifs is 2. The number of aromatic nitrogens is 1. The molecule has 5 rings (SSSR count). The molecule has 2 N–H and O–H groups in total. The number of ether oxygens (including phenoxy) is 1. The van der Waals surface area contributed by atoms with E-state index in [0.29, 0.717) is 24.1 Å². The predicted octanol–water partition coefficient (Wildman–Crippen LogP) is 4.76. The van der Waals surface area contributed by atoms with Crippen LogP contribution < -0.4 is 10.1 Å². The van der Waals surface area contributed by atoms with E-state index >= 15 is 0 Å². The Bertz CT molecular complexity index is 895. The van der Waals surface area contributed by atoms with Crippen molar-refractivity contribution >= 4 is 0 Å². The Morgan fingerprint density at radius 3 is 2.47 bits per heavy atom. The van der Waals surface area contributed by atoms with Crippen molar-refractivity contribution in [3.63, 3.8) is 0 Å². The summed E-state index contributed by atoms with van der Waals surface area (Å²) in [4.78, 5) is 0. The quantitative estimate of drug-likeness (QED) is 0.703. The van der Waals surface area contributed by atoms with Gasteiger partial charge < -0.3 is 19.7 Å². The van der Waals surface area contributed by atoms with Crippen LogP contribution in [0, 0.1) is 11.8 Å². The molecular weight excluding hydrogens is 397 g/mol. The first-order valence-electron chi connectivity index (χ1n) is 10.6. The molecule has 5 nitrogen and oxygen atoms in total. The molecule has 1 aromatic carbocycles. The summed E-state index contributed by atoms with van der Waals surface area (Å²) in [5.41, 5.74) is 1.50. The Morgan fingerprint density at radius 2 is 1.80 bits per heavy atom. The van der Waals surface area contributed by atoms with Crippen molar-refractivity contribution in [3.05, 3.63) is 35.6 Å². The lowest BCUT2D eigenvalue weighted by Crippen LogP contribution is -2.40. The molecule has 2 aromatic rings. The van der Waals surface area contributed by atoms with Crippen LogP contribution in [0.2, 0.25) is 0 Å². The van der Waals surface area contributed by atoms with Gasteiger partial charge >= 0.3 is 6.36 Å². The van der Waals surface area contributed by atoms with Crippen molar-refractivity contribution in [2.45, 2.75) is 69.5 Å². The van der Waals surface area contributed by atoms with Crippen LogP contribution in [-0.4, -0.2) is 28.8 Å². The van der Waals surface area contributed by atoms with Crippen molar-refractivity contribution < 1.29 is 27.5 Å².